The number of halogens is 5. The minimum Gasteiger partial charge on any atom is -0.351 e. The molecule has 0 atom stereocenters. The van der Waals surface area contributed by atoms with Crippen molar-refractivity contribution in [1.82, 2.24) is 15.3 Å². The number of benzene rings is 1. The number of hydrogen-bond acceptors (Lipinski definition) is 2. The maximum absolute atomic E-state index is 13.4. The van der Waals surface area contributed by atoms with E-state index in [2.05, 4.69) is 15.3 Å². The number of nitrogens with zero attached hydrogens (tertiary/aromatic N) is 1. The lowest BCUT2D eigenvalue weighted by Crippen LogP contribution is -2.29. The fourth-order valence-corrected chi connectivity index (χ4v) is 1.62. The summed E-state index contributed by atoms with van der Waals surface area (Å²) in [5.74, 6) is -11.9. The van der Waals surface area contributed by atoms with Gasteiger partial charge in [0.2, 0.25) is 5.82 Å². The van der Waals surface area contributed by atoms with E-state index >= 15 is 0 Å². The predicted octanol–water partition coefficient (Wildman–Crippen LogP) is 2.08. The lowest BCUT2D eigenvalue weighted by atomic mass is 10.1. The number of hydrogen-bond donors (Lipinski definition) is 2. The zero-order valence-corrected chi connectivity index (χ0v) is 10.3. The Kier molecular flexibility index (Phi) is 4.20. The smallest absolute Gasteiger partial charge is 0.257 e. The molecule has 1 aromatic heterocycles. The van der Waals surface area contributed by atoms with Crippen LogP contribution in [0.4, 0.5) is 22.0 Å². The van der Waals surface area contributed by atoms with Crippen LogP contribution >= 0.6 is 0 Å². The van der Waals surface area contributed by atoms with E-state index in [0.29, 0.717) is 5.82 Å². The Morgan fingerprint density at radius 3 is 2.14 bits per heavy atom. The number of H-pyrrole nitrogens is 1. The van der Waals surface area contributed by atoms with Crippen LogP contribution in [0.3, 0.4) is 0 Å². The molecule has 0 saturated heterocycles. The van der Waals surface area contributed by atoms with Crippen molar-refractivity contribution < 1.29 is 26.7 Å². The molecule has 0 unspecified atom stereocenters. The molecule has 112 valence electrons. The molecule has 2 rings (SSSR count). The van der Waals surface area contributed by atoms with Crippen LogP contribution in [0, 0.1) is 29.1 Å². The molecule has 9 heteroatoms. The van der Waals surface area contributed by atoms with Gasteiger partial charge in [0.25, 0.3) is 5.91 Å². The number of aromatic nitrogens is 2. The lowest BCUT2D eigenvalue weighted by molar-refractivity contribution is 0.0942. The normalized spacial score (nSPS) is 10.7. The van der Waals surface area contributed by atoms with Crippen molar-refractivity contribution in [3.05, 3.63) is 52.9 Å². The fourth-order valence-electron chi connectivity index (χ4n) is 1.62. The zero-order valence-electron chi connectivity index (χ0n) is 10.3. The molecule has 0 aliphatic rings. The molecule has 0 aliphatic carbocycles. The van der Waals surface area contributed by atoms with Gasteiger partial charge in [0, 0.05) is 25.4 Å². The SMILES string of the molecule is O=C(NCCc1ncc[nH]1)c1c(F)c(F)c(F)c(F)c1F. The highest BCUT2D eigenvalue weighted by atomic mass is 19.2. The van der Waals surface area contributed by atoms with Crippen LogP contribution in [-0.2, 0) is 6.42 Å². The molecule has 1 aromatic carbocycles. The van der Waals surface area contributed by atoms with Crippen molar-refractivity contribution in [3.8, 4) is 0 Å². The van der Waals surface area contributed by atoms with Crippen molar-refractivity contribution in [1.29, 1.82) is 0 Å². The van der Waals surface area contributed by atoms with E-state index < -0.39 is 40.6 Å². The molecule has 0 radical (unpaired) electrons. The molecular weight excluding hydrogens is 297 g/mol. The molecule has 1 heterocycles. The Morgan fingerprint density at radius 1 is 1.05 bits per heavy atom. The van der Waals surface area contributed by atoms with Crippen LogP contribution in [0.2, 0.25) is 0 Å². The van der Waals surface area contributed by atoms with Crippen LogP contribution in [0.5, 0.6) is 0 Å². The Hall–Kier alpha value is -2.45. The predicted molar refractivity (Wildman–Crippen MR) is 60.9 cm³/mol. The highest BCUT2D eigenvalue weighted by Gasteiger charge is 2.29. The van der Waals surface area contributed by atoms with Crippen LogP contribution in [0.25, 0.3) is 0 Å². The number of aromatic amines is 1. The van der Waals surface area contributed by atoms with E-state index in [1.165, 1.54) is 12.4 Å². The summed E-state index contributed by atoms with van der Waals surface area (Å²) in [5.41, 5.74) is -1.51. The second-order valence-electron chi connectivity index (χ2n) is 3.99. The molecular formula is C12H8F5N3O. The third-order valence-electron chi connectivity index (χ3n) is 2.64. The Balaban J connectivity index is 2.16. The van der Waals surface area contributed by atoms with Gasteiger partial charge >= 0.3 is 0 Å². The van der Waals surface area contributed by atoms with Crippen molar-refractivity contribution >= 4 is 5.91 Å². The summed E-state index contributed by atoms with van der Waals surface area (Å²) in [7, 11) is 0. The molecule has 21 heavy (non-hydrogen) atoms. The summed E-state index contributed by atoms with van der Waals surface area (Å²) in [5, 5.41) is 2.06. The number of carbonyl (C=O) groups excluding carboxylic acids is 1. The summed E-state index contributed by atoms with van der Waals surface area (Å²) in [4.78, 5) is 18.1. The average Bonchev–Trinajstić information content (AvgIpc) is 2.96. The van der Waals surface area contributed by atoms with Gasteiger partial charge in [0.1, 0.15) is 11.4 Å². The first-order chi connectivity index (χ1) is 9.93. The van der Waals surface area contributed by atoms with E-state index in [0.717, 1.165) is 0 Å². The standard InChI is InChI=1S/C12H8F5N3O/c13-7-6(8(14)10(16)11(17)9(7)15)12(21)20-2-1-5-18-3-4-19-5/h3-4H,1-2H2,(H,18,19)(H,20,21). The van der Waals surface area contributed by atoms with Gasteiger partial charge in [-0.15, -0.1) is 0 Å². The number of amides is 1. The zero-order chi connectivity index (χ0) is 15.6. The van der Waals surface area contributed by atoms with E-state index in [4.69, 9.17) is 0 Å². The van der Waals surface area contributed by atoms with Gasteiger partial charge in [0.05, 0.1) is 0 Å². The molecule has 0 fully saturated rings. The van der Waals surface area contributed by atoms with Gasteiger partial charge in [-0.1, -0.05) is 0 Å². The number of rotatable bonds is 4. The van der Waals surface area contributed by atoms with Gasteiger partial charge in [-0.25, -0.2) is 26.9 Å². The Bertz CT molecular complexity index is 643. The largest absolute Gasteiger partial charge is 0.351 e. The lowest BCUT2D eigenvalue weighted by Gasteiger charge is -2.08. The molecule has 2 N–H and O–H groups in total. The van der Waals surface area contributed by atoms with E-state index in [9.17, 15) is 26.7 Å². The highest BCUT2D eigenvalue weighted by molar-refractivity contribution is 5.94. The van der Waals surface area contributed by atoms with Gasteiger partial charge in [-0.2, -0.15) is 0 Å². The van der Waals surface area contributed by atoms with Gasteiger partial charge in [-0.05, 0) is 0 Å². The van der Waals surface area contributed by atoms with E-state index in [1.54, 1.807) is 0 Å². The van der Waals surface area contributed by atoms with Crippen LogP contribution < -0.4 is 5.32 Å². The molecule has 4 nitrogen and oxygen atoms in total. The first kappa shape index (κ1) is 14.9. The Morgan fingerprint density at radius 2 is 1.62 bits per heavy atom. The van der Waals surface area contributed by atoms with E-state index in [-0.39, 0.29) is 13.0 Å². The van der Waals surface area contributed by atoms with Crippen LogP contribution in [0.1, 0.15) is 16.2 Å². The van der Waals surface area contributed by atoms with Gasteiger partial charge in [-0.3, -0.25) is 4.79 Å². The molecule has 1 amide bonds. The summed E-state index contributed by atoms with van der Waals surface area (Å²) >= 11 is 0. The number of nitrogens with one attached hydrogen (secondary N) is 2. The second-order valence-corrected chi connectivity index (χ2v) is 3.99. The van der Waals surface area contributed by atoms with Crippen molar-refractivity contribution in [2.24, 2.45) is 0 Å². The fraction of sp³-hybridized carbons (Fsp3) is 0.167. The van der Waals surface area contributed by atoms with Crippen LogP contribution in [0.15, 0.2) is 12.4 Å². The monoisotopic (exact) mass is 305 g/mol. The first-order valence-corrected chi connectivity index (χ1v) is 5.71. The second kappa shape index (κ2) is 5.90. The van der Waals surface area contributed by atoms with Crippen molar-refractivity contribution in [3.63, 3.8) is 0 Å². The third-order valence-corrected chi connectivity index (χ3v) is 2.64. The van der Waals surface area contributed by atoms with Gasteiger partial charge < -0.3 is 10.3 Å². The molecule has 0 saturated carbocycles. The molecule has 0 spiro atoms. The maximum atomic E-state index is 13.4. The number of imidazole rings is 1. The summed E-state index contributed by atoms with van der Waals surface area (Å²) in [6.45, 7) is -0.0914. The number of carbonyl (C=O) groups is 1. The molecule has 0 bridgehead atoms. The maximum Gasteiger partial charge on any atom is 0.257 e. The van der Waals surface area contributed by atoms with E-state index in [1.807, 2.05) is 0 Å². The minimum absolute atomic E-state index is 0.0914. The van der Waals surface area contributed by atoms with Crippen molar-refractivity contribution in [2.45, 2.75) is 6.42 Å². The first-order valence-electron chi connectivity index (χ1n) is 5.71. The van der Waals surface area contributed by atoms with Crippen molar-refractivity contribution in [2.75, 3.05) is 6.54 Å². The highest BCUT2D eigenvalue weighted by Crippen LogP contribution is 2.22. The topological polar surface area (TPSA) is 57.8 Å². The summed E-state index contributed by atoms with van der Waals surface area (Å²) in [6.07, 6.45) is 3.19. The average molecular weight is 305 g/mol. The quantitative estimate of drug-likeness (QED) is 0.516. The molecule has 2 aromatic rings. The van der Waals surface area contributed by atoms with Crippen LogP contribution in [-0.4, -0.2) is 22.4 Å². The van der Waals surface area contributed by atoms with Gasteiger partial charge in [0.15, 0.2) is 23.3 Å². The summed E-state index contributed by atoms with van der Waals surface area (Å²) < 4.78 is 65.4. The molecule has 0 aliphatic heterocycles. The minimum atomic E-state index is -2.31. The third kappa shape index (κ3) is 2.86. The Labute approximate surface area is 115 Å². The summed E-state index contributed by atoms with van der Waals surface area (Å²) in [6, 6.07) is 0.